The number of furan rings is 1. The average molecular weight is 270 g/mol. The van der Waals surface area contributed by atoms with Crippen molar-refractivity contribution >= 4 is 16.9 Å². The first-order chi connectivity index (χ1) is 9.50. The van der Waals surface area contributed by atoms with E-state index in [2.05, 4.69) is 5.10 Å². The second-order valence-corrected chi connectivity index (χ2v) is 5.18. The third-order valence-corrected chi connectivity index (χ3v) is 3.49. The topological polar surface area (TPSA) is 68.3 Å². The van der Waals surface area contributed by atoms with E-state index in [4.69, 9.17) is 4.42 Å². The summed E-state index contributed by atoms with van der Waals surface area (Å²) in [7, 11) is 0. The molecule has 102 valence electrons. The van der Waals surface area contributed by atoms with Gasteiger partial charge in [0.25, 0.3) is 0 Å². The smallest absolute Gasteiger partial charge is 0.331 e. The molecule has 0 spiro atoms. The maximum atomic E-state index is 11.3. The van der Waals surface area contributed by atoms with Gasteiger partial charge in [-0.2, -0.15) is 5.10 Å². The molecule has 0 aliphatic carbocycles. The Kier molecular flexibility index (Phi) is 2.64. The summed E-state index contributed by atoms with van der Waals surface area (Å²) < 4.78 is 6.83. The van der Waals surface area contributed by atoms with Crippen molar-refractivity contribution in [2.24, 2.45) is 0 Å². The molecule has 0 fully saturated rings. The van der Waals surface area contributed by atoms with Crippen LogP contribution in [0, 0.1) is 0 Å². The number of carbonyl (C=O) groups is 1. The van der Waals surface area contributed by atoms with Crippen molar-refractivity contribution < 1.29 is 14.3 Å². The van der Waals surface area contributed by atoms with Gasteiger partial charge < -0.3 is 9.52 Å². The van der Waals surface area contributed by atoms with Crippen LogP contribution in [0.25, 0.3) is 22.1 Å². The summed E-state index contributed by atoms with van der Waals surface area (Å²) in [5, 5.41) is 14.4. The van der Waals surface area contributed by atoms with Gasteiger partial charge in [0, 0.05) is 17.1 Å². The highest BCUT2D eigenvalue weighted by atomic mass is 16.4. The molecule has 0 aliphatic heterocycles. The number of hydrogen-bond acceptors (Lipinski definition) is 3. The van der Waals surface area contributed by atoms with Gasteiger partial charge in [0.15, 0.2) is 5.54 Å². The molecule has 3 aromatic rings. The van der Waals surface area contributed by atoms with Crippen LogP contribution in [0.4, 0.5) is 0 Å². The van der Waals surface area contributed by atoms with E-state index in [-0.39, 0.29) is 0 Å². The van der Waals surface area contributed by atoms with Crippen LogP contribution in [0.5, 0.6) is 0 Å². The number of aromatic nitrogens is 2. The van der Waals surface area contributed by atoms with Gasteiger partial charge in [-0.3, -0.25) is 4.68 Å². The molecule has 0 amide bonds. The van der Waals surface area contributed by atoms with E-state index in [0.29, 0.717) is 0 Å². The molecule has 1 N–H and O–H groups in total. The zero-order chi connectivity index (χ0) is 14.3. The van der Waals surface area contributed by atoms with Crippen LogP contribution in [-0.4, -0.2) is 20.9 Å². The number of benzene rings is 1. The number of fused-ring (bicyclic) bond motifs is 1. The molecule has 0 saturated heterocycles. The highest BCUT2D eigenvalue weighted by molar-refractivity contribution is 5.93. The maximum Gasteiger partial charge on any atom is 0.331 e. The number of rotatable bonds is 3. The SMILES string of the molecule is CC(C)(C(=O)O)n1cc(-c2cccc3occc23)cn1. The molecule has 0 aliphatic rings. The fourth-order valence-corrected chi connectivity index (χ4v) is 2.11. The molecule has 2 aromatic heterocycles. The zero-order valence-corrected chi connectivity index (χ0v) is 11.2. The lowest BCUT2D eigenvalue weighted by Crippen LogP contribution is -2.35. The Morgan fingerprint density at radius 3 is 2.90 bits per heavy atom. The second-order valence-electron chi connectivity index (χ2n) is 5.18. The molecule has 3 rings (SSSR count). The minimum Gasteiger partial charge on any atom is -0.479 e. The summed E-state index contributed by atoms with van der Waals surface area (Å²) >= 11 is 0. The summed E-state index contributed by atoms with van der Waals surface area (Å²) in [6.45, 7) is 3.23. The van der Waals surface area contributed by atoms with Crippen LogP contribution < -0.4 is 0 Å². The third kappa shape index (κ3) is 1.79. The van der Waals surface area contributed by atoms with Gasteiger partial charge in [0.05, 0.1) is 12.5 Å². The molecule has 0 saturated carbocycles. The number of hydrogen-bond donors (Lipinski definition) is 1. The fourth-order valence-electron chi connectivity index (χ4n) is 2.11. The Bertz CT molecular complexity index is 783. The van der Waals surface area contributed by atoms with Crippen LogP contribution in [0.3, 0.4) is 0 Å². The van der Waals surface area contributed by atoms with Crippen molar-refractivity contribution in [2.75, 3.05) is 0 Å². The van der Waals surface area contributed by atoms with E-state index in [1.807, 2.05) is 24.3 Å². The summed E-state index contributed by atoms with van der Waals surface area (Å²) in [5.41, 5.74) is 1.56. The highest BCUT2D eigenvalue weighted by Crippen LogP contribution is 2.30. The average Bonchev–Trinajstić information content (AvgIpc) is 3.07. The quantitative estimate of drug-likeness (QED) is 0.794. The fraction of sp³-hybridized carbons (Fsp3) is 0.200. The molecule has 0 atom stereocenters. The molecular weight excluding hydrogens is 256 g/mol. The molecule has 2 heterocycles. The lowest BCUT2D eigenvalue weighted by Gasteiger charge is -2.19. The highest BCUT2D eigenvalue weighted by Gasteiger charge is 2.30. The van der Waals surface area contributed by atoms with Crippen molar-refractivity contribution in [3.05, 3.63) is 42.9 Å². The van der Waals surface area contributed by atoms with Crippen molar-refractivity contribution in [3.8, 4) is 11.1 Å². The largest absolute Gasteiger partial charge is 0.479 e. The van der Waals surface area contributed by atoms with E-state index in [0.717, 1.165) is 22.1 Å². The molecular formula is C15H14N2O3. The van der Waals surface area contributed by atoms with Crippen LogP contribution in [0.1, 0.15) is 13.8 Å². The van der Waals surface area contributed by atoms with Gasteiger partial charge in [-0.15, -0.1) is 0 Å². The first-order valence-electron chi connectivity index (χ1n) is 6.25. The maximum absolute atomic E-state index is 11.3. The number of aliphatic carboxylic acids is 1. The predicted molar refractivity (Wildman–Crippen MR) is 74.4 cm³/mol. The van der Waals surface area contributed by atoms with Gasteiger partial charge in [0.1, 0.15) is 5.58 Å². The standard InChI is InChI=1S/C15H14N2O3/c1-15(2,14(18)19)17-9-10(8-16-17)11-4-3-5-13-12(11)6-7-20-13/h3-9H,1-2H3,(H,18,19). The molecule has 5 heteroatoms. The molecule has 0 unspecified atom stereocenters. The van der Waals surface area contributed by atoms with E-state index in [1.54, 1.807) is 32.5 Å². The monoisotopic (exact) mass is 270 g/mol. The van der Waals surface area contributed by atoms with Gasteiger partial charge in [-0.1, -0.05) is 12.1 Å². The van der Waals surface area contributed by atoms with Crippen LogP contribution >= 0.6 is 0 Å². The number of carboxylic acid groups (broad SMARTS) is 1. The lowest BCUT2D eigenvalue weighted by molar-refractivity contribution is -0.146. The predicted octanol–water partition coefficient (Wildman–Crippen LogP) is 3.12. The molecule has 5 nitrogen and oxygen atoms in total. The van der Waals surface area contributed by atoms with Crippen molar-refractivity contribution in [1.82, 2.24) is 9.78 Å². The number of carboxylic acids is 1. The second kappa shape index (κ2) is 4.23. The van der Waals surface area contributed by atoms with E-state index in [9.17, 15) is 9.90 Å². The van der Waals surface area contributed by atoms with Gasteiger partial charge >= 0.3 is 5.97 Å². The van der Waals surface area contributed by atoms with E-state index < -0.39 is 11.5 Å². The summed E-state index contributed by atoms with van der Waals surface area (Å²) in [5.74, 6) is -0.923. The first-order valence-corrected chi connectivity index (χ1v) is 6.25. The zero-order valence-electron chi connectivity index (χ0n) is 11.2. The number of nitrogens with zero attached hydrogens (tertiary/aromatic N) is 2. The Morgan fingerprint density at radius 1 is 1.35 bits per heavy atom. The Labute approximate surface area is 115 Å². The summed E-state index contributed by atoms with van der Waals surface area (Å²) in [6, 6.07) is 7.66. The molecule has 1 aromatic carbocycles. The van der Waals surface area contributed by atoms with E-state index >= 15 is 0 Å². The van der Waals surface area contributed by atoms with Crippen molar-refractivity contribution in [1.29, 1.82) is 0 Å². The van der Waals surface area contributed by atoms with Gasteiger partial charge in [0.2, 0.25) is 0 Å². The summed E-state index contributed by atoms with van der Waals surface area (Å²) in [4.78, 5) is 11.3. The Balaban J connectivity index is 2.11. The van der Waals surface area contributed by atoms with Crippen LogP contribution in [0.2, 0.25) is 0 Å². The first kappa shape index (κ1) is 12.5. The van der Waals surface area contributed by atoms with Crippen LogP contribution in [0.15, 0.2) is 47.3 Å². The Morgan fingerprint density at radius 2 is 2.15 bits per heavy atom. The van der Waals surface area contributed by atoms with E-state index in [1.165, 1.54) is 4.68 Å². The molecule has 0 radical (unpaired) electrons. The third-order valence-electron chi connectivity index (χ3n) is 3.49. The van der Waals surface area contributed by atoms with Gasteiger partial charge in [-0.25, -0.2) is 4.79 Å². The normalized spacial score (nSPS) is 11.9. The minimum absolute atomic E-state index is 0.799. The minimum atomic E-state index is -1.08. The van der Waals surface area contributed by atoms with Crippen molar-refractivity contribution in [2.45, 2.75) is 19.4 Å². The lowest BCUT2D eigenvalue weighted by atomic mass is 10.0. The van der Waals surface area contributed by atoms with Crippen molar-refractivity contribution in [3.63, 3.8) is 0 Å². The van der Waals surface area contributed by atoms with Gasteiger partial charge in [-0.05, 0) is 31.5 Å². The Hall–Kier alpha value is -2.56. The molecule has 20 heavy (non-hydrogen) atoms. The summed E-state index contributed by atoms with van der Waals surface area (Å²) in [6.07, 6.45) is 5.06. The van der Waals surface area contributed by atoms with Crippen LogP contribution in [-0.2, 0) is 10.3 Å². The molecule has 0 bridgehead atoms.